The molecule has 4 aliphatic carbocycles. The number of ether oxygens (including phenoxy) is 3. The first-order valence-corrected chi connectivity index (χ1v) is 21.0. The van der Waals surface area contributed by atoms with Crippen LogP contribution in [0.3, 0.4) is 0 Å². The van der Waals surface area contributed by atoms with Crippen molar-refractivity contribution in [2.24, 2.45) is 34.0 Å². The lowest BCUT2D eigenvalue weighted by molar-refractivity contribution is -0.194. The molecule has 0 heterocycles. The van der Waals surface area contributed by atoms with Crippen LogP contribution >= 0.6 is 0 Å². The molecule has 0 aromatic carbocycles. The van der Waals surface area contributed by atoms with Gasteiger partial charge in [0.25, 0.3) is 0 Å². The standard InChI is InChI=1S/C29H48O8Si2/c1-18-16-27-17-28(18,37-39(9,10)11)14-12-19(27)29(25(32)35-5)15-13-20(36-38(6,7)8)26(2,24(31)34-4)22(29)21(27)23(30)33-3/h19-22H,1,12-17H2,2-11H3/t19?,20-,21?,22?,26?,27-,28-,29+/m0/s1. The van der Waals surface area contributed by atoms with Gasteiger partial charge < -0.3 is 23.1 Å². The molecule has 4 unspecified atom stereocenters. The molecule has 0 saturated heterocycles. The monoisotopic (exact) mass is 580 g/mol. The molecule has 0 radical (unpaired) electrons. The average Bonchev–Trinajstić information content (AvgIpc) is 3.21. The zero-order valence-electron chi connectivity index (χ0n) is 25.5. The van der Waals surface area contributed by atoms with Crippen LogP contribution in [0, 0.1) is 34.0 Å². The first-order valence-electron chi connectivity index (χ1n) is 14.2. The van der Waals surface area contributed by atoms with E-state index in [1.54, 1.807) is 0 Å². The molecular formula is C29H48O8Si2. The molecule has 4 rings (SSSR count). The van der Waals surface area contributed by atoms with Crippen LogP contribution < -0.4 is 0 Å². The van der Waals surface area contributed by atoms with E-state index in [2.05, 4.69) is 45.9 Å². The predicted octanol–water partition coefficient (Wildman–Crippen LogP) is 5.09. The summed E-state index contributed by atoms with van der Waals surface area (Å²) < 4.78 is 30.1. The highest BCUT2D eigenvalue weighted by molar-refractivity contribution is 6.70. The Morgan fingerprint density at radius 2 is 1.49 bits per heavy atom. The second-order valence-corrected chi connectivity index (χ2v) is 23.4. The molecule has 0 aromatic heterocycles. The van der Waals surface area contributed by atoms with Gasteiger partial charge in [-0.1, -0.05) is 6.58 Å². The lowest BCUT2D eigenvalue weighted by Gasteiger charge is -2.54. The Bertz CT molecular complexity index is 1060. The minimum Gasteiger partial charge on any atom is -0.469 e. The number of rotatable bonds is 7. The zero-order chi connectivity index (χ0) is 29.4. The van der Waals surface area contributed by atoms with Gasteiger partial charge in [0.1, 0.15) is 0 Å². The maximum absolute atomic E-state index is 14.1. The summed E-state index contributed by atoms with van der Waals surface area (Å²) in [6.07, 6.45) is 3.01. The smallest absolute Gasteiger partial charge is 0.314 e. The largest absolute Gasteiger partial charge is 0.469 e. The van der Waals surface area contributed by atoms with Crippen LogP contribution in [-0.2, 0) is 37.4 Å². The van der Waals surface area contributed by atoms with E-state index in [0.717, 1.165) is 12.0 Å². The molecule has 10 heteroatoms. The molecule has 0 amide bonds. The van der Waals surface area contributed by atoms with Crippen molar-refractivity contribution in [1.82, 2.24) is 0 Å². The van der Waals surface area contributed by atoms with Gasteiger partial charge in [-0.2, -0.15) is 0 Å². The minimum absolute atomic E-state index is 0.194. The Balaban J connectivity index is 2.01. The molecule has 0 N–H and O–H groups in total. The number of hydrogen-bond acceptors (Lipinski definition) is 8. The van der Waals surface area contributed by atoms with Gasteiger partial charge in [0.05, 0.1) is 49.8 Å². The van der Waals surface area contributed by atoms with E-state index in [-0.39, 0.29) is 11.9 Å². The van der Waals surface area contributed by atoms with E-state index in [9.17, 15) is 14.4 Å². The third-order valence-corrected chi connectivity index (χ3v) is 12.2. The SMILES string of the molecule is C=C1C[C@]23C[C@@]1(O[Si](C)(C)C)CCC2[C@]1(C(=O)OC)CC[C@H](O[Si](C)(C)C)C(C)(C(=O)OC)C1C3C(=O)OC. The van der Waals surface area contributed by atoms with E-state index in [1.165, 1.54) is 21.3 Å². The van der Waals surface area contributed by atoms with Crippen molar-refractivity contribution in [2.75, 3.05) is 21.3 Å². The molecule has 1 spiro atoms. The number of carbonyl (C=O) groups is 3. The van der Waals surface area contributed by atoms with Crippen molar-refractivity contribution in [3.05, 3.63) is 12.2 Å². The van der Waals surface area contributed by atoms with Crippen LogP contribution in [0.5, 0.6) is 0 Å². The van der Waals surface area contributed by atoms with Crippen molar-refractivity contribution in [2.45, 2.75) is 96.4 Å². The molecule has 4 fully saturated rings. The number of esters is 3. The minimum atomic E-state index is -2.13. The maximum atomic E-state index is 14.1. The maximum Gasteiger partial charge on any atom is 0.314 e. The Hall–Kier alpha value is -1.50. The van der Waals surface area contributed by atoms with Crippen LogP contribution in [0.15, 0.2) is 12.2 Å². The van der Waals surface area contributed by atoms with E-state index in [4.69, 9.17) is 23.1 Å². The van der Waals surface area contributed by atoms with E-state index in [1.807, 2.05) is 6.92 Å². The molecule has 220 valence electrons. The number of methoxy groups -OCH3 is 3. The van der Waals surface area contributed by atoms with Gasteiger partial charge in [-0.05, 0) is 102 Å². The zero-order valence-corrected chi connectivity index (χ0v) is 27.5. The Labute approximate surface area is 235 Å². The van der Waals surface area contributed by atoms with Crippen LogP contribution in [-0.4, -0.2) is 67.6 Å². The molecule has 8 nitrogen and oxygen atoms in total. The molecule has 4 saturated carbocycles. The van der Waals surface area contributed by atoms with Crippen LogP contribution in [0.2, 0.25) is 39.3 Å². The topological polar surface area (TPSA) is 97.4 Å². The molecule has 2 bridgehead atoms. The summed E-state index contributed by atoms with van der Waals surface area (Å²) in [6, 6.07) is 0. The van der Waals surface area contributed by atoms with Gasteiger partial charge in [0, 0.05) is 5.92 Å². The quantitative estimate of drug-likeness (QED) is 0.178. The van der Waals surface area contributed by atoms with Gasteiger partial charge >= 0.3 is 17.9 Å². The first-order chi connectivity index (χ1) is 17.9. The van der Waals surface area contributed by atoms with Crippen molar-refractivity contribution < 1.29 is 37.4 Å². The third kappa shape index (κ3) is 4.30. The van der Waals surface area contributed by atoms with Crippen LogP contribution in [0.25, 0.3) is 0 Å². The fourth-order valence-corrected chi connectivity index (χ4v) is 12.2. The summed E-state index contributed by atoms with van der Waals surface area (Å²) in [7, 11) is 0.0370. The average molecular weight is 581 g/mol. The highest BCUT2D eigenvalue weighted by atomic mass is 28.4. The van der Waals surface area contributed by atoms with Crippen LogP contribution in [0.4, 0.5) is 0 Å². The molecule has 39 heavy (non-hydrogen) atoms. The Kier molecular flexibility index (Phi) is 7.44. The van der Waals surface area contributed by atoms with E-state index >= 15 is 0 Å². The molecular weight excluding hydrogens is 532 g/mol. The molecule has 0 aromatic rings. The van der Waals surface area contributed by atoms with Gasteiger partial charge in [-0.3, -0.25) is 14.4 Å². The van der Waals surface area contributed by atoms with Crippen molar-refractivity contribution in [1.29, 1.82) is 0 Å². The van der Waals surface area contributed by atoms with Gasteiger partial charge in [0.2, 0.25) is 0 Å². The van der Waals surface area contributed by atoms with Gasteiger partial charge in [-0.15, -0.1) is 0 Å². The molecule has 8 atom stereocenters. The predicted molar refractivity (Wildman–Crippen MR) is 152 cm³/mol. The fourth-order valence-electron chi connectivity index (χ4n) is 9.48. The summed E-state index contributed by atoms with van der Waals surface area (Å²) in [5.74, 6) is -2.88. The summed E-state index contributed by atoms with van der Waals surface area (Å²) >= 11 is 0. The van der Waals surface area contributed by atoms with E-state index < -0.39 is 68.4 Å². The molecule has 0 aliphatic heterocycles. The highest BCUT2D eigenvalue weighted by Gasteiger charge is 2.82. The van der Waals surface area contributed by atoms with Gasteiger partial charge in [-0.25, -0.2) is 0 Å². The summed E-state index contributed by atoms with van der Waals surface area (Å²) in [5.41, 5.74) is -2.54. The number of carbonyl (C=O) groups excluding carboxylic acids is 3. The second kappa shape index (κ2) is 9.53. The summed E-state index contributed by atoms with van der Waals surface area (Å²) in [6.45, 7) is 19.1. The normalized spacial score (nSPS) is 41.4. The lowest BCUT2D eigenvalue weighted by atomic mass is 9.51. The lowest BCUT2D eigenvalue weighted by Crippen LogP contribution is -2.62. The van der Waals surface area contributed by atoms with E-state index in [0.29, 0.717) is 32.1 Å². The summed E-state index contributed by atoms with van der Waals surface area (Å²) in [5, 5.41) is 0. The third-order valence-electron chi connectivity index (χ3n) is 10.2. The van der Waals surface area contributed by atoms with Crippen molar-refractivity contribution in [3.63, 3.8) is 0 Å². The highest BCUT2D eigenvalue weighted by Crippen LogP contribution is 2.79. The molecule has 4 aliphatic rings. The fraction of sp³-hybridized carbons (Fsp3) is 0.828. The van der Waals surface area contributed by atoms with Gasteiger partial charge in [0.15, 0.2) is 16.6 Å². The van der Waals surface area contributed by atoms with Crippen molar-refractivity contribution in [3.8, 4) is 0 Å². The van der Waals surface area contributed by atoms with Crippen molar-refractivity contribution >= 4 is 34.5 Å². The van der Waals surface area contributed by atoms with Crippen LogP contribution in [0.1, 0.15) is 45.4 Å². The first kappa shape index (κ1) is 30.5. The number of hydrogen-bond donors (Lipinski definition) is 0. The Morgan fingerprint density at radius 1 is 0.872 bits per heavy atom. The second-order valence-electron chi connectivity index (χ2n) is 14.5. The summed E-state index contributed by atoms with van der Waals surface area (Å²) in [4.78, 5) is 42.1. The number of fused-ring (bicyclic) bond motifs is 3. The Morgan fingerprint density at radius 3 is 2.00 bits per heavy atom.